The van der Waals surface area contributed by atoms with Crippen LogP contribution in [0.3, 0.4) is 0 Å². The molecular weight excluding hydrogens is 218 g/mol. The number of hydrogen-bond donors (Lipinski definition) is 1. The fourth-order valence-corrected chi connectivity index (χ4v) is 2.94. The normalized spacial score (nSPS) is 11.0. The average Bonchev–Trinajstić information content (AvgIpc) is 2.31. The van der Waals surface area contributed by atoms with Gasteiger partial charge in [0, 0.05) is 21.2 Å². The van der Waals surface area contributed by atoms with Crippen molar-refractivity contribution < 1.29 is 0 Å². The molecule has 0 saturated carbocycles. The van der Waals surface area contributed by atoms with Crippen molar-refractivity contribution in [3.63, 3.8) is 0 Å². The largest absolute Gasteiger partial charge is 0.398 e. The van der Waals surface area contributed by atoms with E-state index in [9.17, 15) is 4.79 Å². The van der Waals surface area contributed by atoms with Crippen molar-refractivity contribution in [3.05, 3.63) is 52.7 Å². The van der Waals surface area contributed by atoms with Gasteiger partial charge in [-0.3, -0.25) is 4.79 Å². The van der Waals surface area contributed by atoms with Gasteiger partial charge in [0.2, 0.25) is 0 Å². The van der Waals surface area contributed by atoms with Crippen molar-refractivity contribution in [2.24, 2.45) is 0 Å². The van der Waals surface area contributed by atoms with E-state index in [1.54, 1.807) is 11.3 Å². The molecule has 0 atom stereocenters. The highest BCUT2D eigenvalue weighted by Gasteiger charge is 2.06. The van der Waals surface area contributed by atoms with Gasteiger partial charge >= 0.3 is 0 Å². The third-order valence-electron chi connectivity index (χ3n) is 2.63. The molecule has 3 aromatic rings. The Labute approximate surface area is 95.9 Å². The van der Waals surface area contributed by atoms with Gasteiger partial charge in [0.15, 0.2) is 5.43 Å². The van der Waals surface area contributed by atoms with E-state index in [0.29, 0.717) is 11.1 Å². The second-order valence-electron chi connectivity index (χ2n) is 3.65. The van der Waals surface area contributed by atoms with Crippen molar-refractivity contribution in [1.29, 1.82) is 0 Å². The Morgan fingerprint density at radius 3 is 2.56 bits per heavy atom. The summed E-state index contributed by atoms with van der Waals surface area (Å²) in [5, 5.41) is 1.48. The van der Waals surface area contributed by atoms with Gasteiger partial charge in [-0.05, 0) is 24.3 Å². The van der Waals surface area contributed by atoms with E-state index in [0.717, 1.165) is 14.8 Å². The van der Waals surface area contributed by atoms with Gasteiger partial charge < -0.3 is 5.73 Å². The summed E-state index contributed by atoms with van der Waals surface area (Å²) >= 11 is 1.57. The van der Waals surface area contributed by atoms with Crippen LogP contribution in [0.4, 0.5) is 5.69 Å². The Morgan fingerprint density at radius 1 is 0.938 bits per heavy atom. The first kappa shape index (κ1) is 9.36. The minimum Gasteiger partial charge on any atom is -0.398 e. The van der Waals surface area contributed by atoms with Crippen molar-refractivity contribution in [1.82, 2.24) is 0 Å². The molecule has 0 bridgehead atoms. The summed E-state index contributed by atoms with van der Waals surface area (Å²) in [7, 11) is 0. The number of benzene rings is 2. The van der Waals surface area contributed by atoms with E-state index in [1.165, 1.54) is 0 Å². The summed E-state index contributed by atoms with van der Waals surface area (Å²) in [6, 6.07) is 13.1. The smallest absolute Gasteiger partial charge is 0.195 e. The number of fused-ring (bicyclic) bond motifs is 2. The van der Waals surface area contributed by atoms with Gasteiger partial charge in [0.25, 0.3) is 0 Å². The molecule has 0 aliphatic heterocycles. The molecule has 16 heavy (non-hydrogen) atoms. The Balaban J connectivity index is 2.67. The maximum absolute atomic E-state index is 12.2. The Kier molecular flexibility index (Phi) is 1.94. The van der Waals surface area contributed by atoms with Crippen LogP contribution in [0.25, 0.3) is 20.2 Å². The minimum atomic E-state index is 0.0663. The highest BCUT2D eigenvalue weighted by Crippen LogP contribution is 2.28. The summed E-state index contributed by atoms with van der Waals surface area (Å²) in [5.74, 6) is 0. The van der Waals surface area contributed by atoms with Crippen LogP contribution in [0, 0.1) is 0 Å². The quantitative estimate of drug-likeness (QED) is 0.474. The second kappa shape index (κ2) is 3.32. The molecule has 0 spiro atoms. The zero-order valence-electron chi connectivity index (χ0n) is 8.44. The molecule has 1 aromatic heterocycles. The molecule has 0 aliphatic carbocycles. The van der Waals surface area contributed by atoms with E-state index in [1.807, 2.05) is 42.5 Å². The fourth-order valence-electron chi connectivity index (χ4n) is 1.85. The number of nitrogens with two attached hydrogens (primary N) is 1. The first-order valence-electron chi connectivity index (χ1n) is 4.97. The topological polar surface area (TPSA) is 43.1 Å². The van der Waals surface area contributed by atoms with Crippen LogP contribution in [0.15, 0.2) is 47.3 Å². The second-order valence-corrected chi connectivity index (χ2v) is 4.70. The van der Waals surface area contributed by atoms with E-state index < -0.39 is 0 Å². The predicted molar refractivity (Wildman–Crippen MR) is 70.0 cm³/mol. The minimum absolute atomic E-state index is 0.0663. The standard InChI is InChI=1S/C13H9NOS/c14-10-6-3-5-9-12(15)8-4-1-2-7-11(8)16-13(9)10/h1-7H,14H2. The van der Waals surface area contributed by atoms with Crippen LogP contribution in [-0.2, 0) is 0 Å². The fraction of sp³-hybridized carbons (Fsp3) is 0. The van der Waals surface area contributed by atoms with Crippen molar-refractivity contribution in [2.45, 2.75) is 0 Å². The lowest BCUT2D eigenvalue weighted by Gasteiger charge is -2.02. The zero-order valence-corrected chi connectivity index (χ0v) is 9.25. The van der Waals surface area contributed by atoms with Gasteiger partial charge in [-0.15, -0.1) is 11.3 Å². The number of rotatable bonds is 0. The molecule has 0 amide bonds. The van der Waals surface area contributed by atoms with Crippen molar-refractivity contribution in [2.75, 3.05) is 5.73 Å². The maximum Gasteiger partial charge on any atom is 0.195 e. The number of anilines is 1. The van der Waals surface area contributed by atoms with E-state index >= 15 is 0 Å². The SMILES string of the molecule is Nc1cccc2c(=O)c3ccccc3sc12. The number of hydrogen-bond acceptors (Lipinski definition) is 3. The lowest BCUT2D eigenvalue weighted by atomic mass is 10.2. The molecule has 3 rings (SSSR count). The van der Waals surface area contributed by atoms with Crippen LogP contribution < -0.4 is 11.2 Å². The van der Waals surface area contributed by atoms with Crippen LogP contribution in [0.5, 0.6) is 0 Å². The molecule has 0 saturated heterocycles. The molecule has 0 fully saturated rings. The molecule has 2 aromatic carbocycles. The molecular formula is C13H9NOS. The van der Waals surface area contributed by atoms with Crippen LogP contribution in [0.1, 0.15) is 0 Å². The Morgan fingerprint density at radius 2 is 1.69 bits per heavy atom. The Hall–Kier alpha value is -1.87. The summed E-state index contributed by atoms with van der Waals surface area (Å²) < 4.78 is 1.86. The molecule has 78 valence electrons. The highest BCUT2D eigenvalue weighted by atomic mass is 32.1. The van der Waals surface area contributed by atoms with E-state index in [2.05, 4.69) is 0 Å². The molecule has 2 N–H and O–H groups in total. The van der Waals surface area contributed by atoms with Crippen molar-refractivity contribution >= 4 is 37.2 Å². The summed E-state index contributed by atoms with van der Waals surface area (Å²) in [6.45, 7) is 0. The molecule has 1 heterocycles. The van der Waals surface area contributed by atoms with E-state index in [-0.39, 0.29) is 5.43 Å². The maximum atomic E-state index is 12.2. The van der Waals surface area contributed by atoms with Gasteiger partial charge in [-0.1, -0.05) is 18.2 Å². The highest BCUT2D eigenvalue weighted by molar-refractivity contribution is 7.25. The summed E-state index contributed by atoms with van der Waals surface area (Å²) in [6.07, 6.45) is 0. The molecule has 0 radical (unpaired) electrons. The third-order valence-corrected chi connectivity index (χ3v) is 3.87. The molecule has 0 unspecified atom stereocenters. The molecule has 0 aliphatic rings. The number of nitrogen functional groups attached to an aromatic ring is 1. The first-order valence-corrected chi connectivity index (χ1v) is 5.79. The Bertz CT molecular complexity index is 746. The molecule has 3 heteroatoms. The predicted octanol–water partition coefficient (Wildman–Crippen LogP) is 3.00. The van der Waals surface area contributed by atoms with Gasteiger partial charge in [-0.2, -0.15) is 0 Å². The first-order chi connectivity index (χ1) is 7.77. The van der Waals surface area contributed by atoms with Gasteiger partial charge in [0.1, 0.15) is 0 Å². The zero-order chi connectivity index (χ0) is 11.1. The lowest BCUT2D eigenvalue weighted by Crippen LogP contribution is -2.01. The van der Waals surface area contributed by atoms with E-state index in [4.69, 9.17) is 5.73 Å². The average molecular weight is 227 g/mol. The third kappa shape index (κ3) is 1.22. The van der Waals surface area contributed by atoms with Crippen LogP contribution in [0.2, 0.25) is 0 Å². The van der Waals surface area contributed by atoms with Crippen LogP contribution in [-0.4, -0.2) is 0 Å². The lowest BCUT2D eigenvalue weighted by molar-refractivity contribution is 1.73. The monoisotopic (exact) mass is 227 g/mol. The van der Waals surface area contributed by atoms with Crippen molar-refractivity contribution in [3.8, 4) is 0 Å². The summed E-state index contributed by atoms with van der Waals surface area (Å²) in [4.78, 5) is 12.2. The van der Waals surface area contributed by atoms with Crippen LogP contribution >= 0.6 is 11.3 Å². The summed E-state index contributed by atoms with van der Waals surface area (Å²) in [5.41, 5.74) is 6.63. The molecule has 2 nitrogen and oxygen atoms in total. The van der Waals surface area contributed by atoms with Gasteiger partial charge in [0.05, 0.1) is 4.70 Å². The van der Waals surface area contributed by atoms with Gasteiger partial charge in [-0.25, -0.2) is 0 Å².